The molecule has 1 saturated carbocycles. The third-order valence-corrected chi connectivity index (χ3v) is 3.99. The SMILES string of the molecule is CC1CCCC(NC(=O)N(C)CC(C)(C)O)C1C. The minimum Gasteiger partial charge on any atom is -0.389 e. The Morgan fingerprint density at radius 2 is 2.00 bits per heavy atom. The Morgan fingerprint density at radius 1 is 1.39 bits per heavy atom. The van der Waals surface area contributed by atoms with Crippen LogP contribution in [0, 0.1) is 11.8 Å². The van der Waals surface area contributed by atoms with Crippen molar-refractivity contribution in [2.75, 3.05) is 13.6 Å². The molecule has 0 spiro atoms. The van der Waals surface area contributed by atoms with Crippen LogP contribution in [0.1, 0.15) is 47.0 Å². The van der Waals surface area contributed by atoms with Crippen molar-refractivity contribution in [2.24, 2.45) is 11.8 Å². The van der Waals surface area contributed by atoms with E-state index in [1.165, 1.54) is 12.8 Å². The number of hydrogen-bond acceptors (Lipinski definition) is 2. The Labute approximate surface area is 111 Å². The Morgan fingerprint density at radius 3 is 2.56 bits per heavy atom. The van der Waals surface area contributed by atoms with Gasteiger partial charge in [-0.3, -0.25) is 0 Å². The van der Waals surface area contributed by atoms with Gasteiger partial charge in [-0.15, -0.1) is 0 Å². The topological polar surface area (TPSA) is 52.6 Å². The fraction of sp³-hybridized carbons (Fsp3) is 0.929. The molecule has 0 aliphatic heterocycles. The van der Waals surface area contributed by atoms with E-state index in [0.29, 0.717) is 18.4 Å². The number of carbonyl (C=O) groups excluding carboxylic acids is 1. The van der Waals surface area contributed by atoms with Crippen molar-refractivity contribution in [1.82, 2.24) is 10.2 Å². The van der Waals surface area contributed by atoms with Gasteiger partial charge in [0.2, 0.25) is 0 Å². The first-order valence-corrected chi connectivity index (χ1v) is 6.94. The molecule has 0 aromatic rings. The standard InChI is InChI=1S/C14H28N2O2/c1-10-7-6-8-12(11(10)2)15-13(17)16(5)9-14(3,4)18/h10-12,18H,6-9H2,1-5H3,(H,15,17). The lowest BCUT2D eigenvalue weighted by atomic mass is 9.78. The van der Waals surface area contributed by atoms with Crippen molar-refractivity contribution in [3.63, 3.8) is 0 Å². The fourth-order valence-electron chi connectivity index (χ4n) is 2.71. The van der Waals surface area contributed by atoms with Crippen molar-refractivity contribution in [3.8, 4) is 0 Å². The molecule has 1 fully saturated rings. The normalized spacial score (nSPS) is 28.9. The second-order valence-electron chi connectivity index (χ2n) is 6.49. The van der Waals surface area contributed by atoms with E-state index < -0.39 is 5.60 Å². The van der Waals surface area contributed by atoms with Gasteiger partial charge in [0.15, 0.2) is 0 Å². The molecule has 1 aliphatic carbocycles. The van der Waals surface area contributed by atoms with Gasteiger partial charge in [0.05, 0.1) is 12.1 Å². The van der Waals surface area contributed by atoms with E-state index in [1.807, 2.05) is 0 Å². The van der Waals surface area contributed by atoms with Crippen LogP contribution in [-0.4, -0.2) is 41.3 Å². The summed E-state index contributed by atoms with van der Waals surface area (Å²) in [7, 11) is 1.73. The molecule has 3 atom stereocenters. The number of nitrogens with one attached hydrogen (secondary N) is 1. The van der Waals surface area contributed by atoms with Gasteiger partial charge in [0.1, 0.15) is 0 Å². The molecular formula is C14H28N2O2. The Balaban J connectivity index is 2.48. The van der Waals surface area contributed by atoms with E-state index in [1.54, 1.807) is 25.8 Å². The minimum absolute atomic E-state index is 0.0805. The molecule has 0 aromatic heterocycles. The molecule has 106 valence electrons. The highest BCUT2D eigenvalue weighted by Crippen LogP contribution is 2.29. The highest BCUT2D eigenvalue weighted by Gasteiger charge is 2.29. The van der Waals surface area contributed by atoms with Gasteiger partial charge in [0, 0.05) is 13.1 Å². The number of urea groups is 1. The summed E-state index contributed by atoms with van der Waals surface area (Å²) in [6.07, 6.45) is 3.51. The van der Waals surface area contributed by atoms with Gasteiger partial charge in [-0.1, -0.05) is 26.7 Å². The lowest BCUT2D eigenvalue weighted by molar-refractivity contribution is 0.0518. The van der Waals surface area contributed by atoms with E-state index in [-0.39, 0.29) is 12.1 Å². The fourth-order valence-corrected chi connectivity index (χ4v) is 2.71. The van der Waals surface area contributed by atoms with Crippen LogP contribution < -0.4 is 5.32 Å². The van der Waals surface area contributed by atoms with Crippen LogP contribution in [0.15, 0.2) is 0 Å². The largest absolute Gasteiger partial charge is 0.389 e. The molecule has 0 heterocycles. The zero-order valence-corrected chi connectivity index (χ0v) is 12.4. The van der Waals surface area contributed by atoms with Crippen molar-refractivity contribution in [1.29, 1.82) is 0 Å². The maximum atomic E-state index is 12.0. The number of amides is 2. The van der Waals surface area contributed by atoms with Gasteiger partial charge in [-0.25, -0.2) is 4.79 Å². The summed E-state index contributed by atoms with van der Waals surface area (Å²) in [5, 5.41) is 12.8. The number of carbonyl (C=O) groups is 1. The van der Waals surface area contributed by atoms with Crippen LogP contribution in [0.2, 0.25) is 0 Å². The van der Waals surface area contributed by atoms with Gasteiger partial charge < -0.3 is 15.3 Å². The third-order valence-electron chi connectivity index (χ3n) is 3.99. The molecule has 1 rings (SSSR count). The summed E-state index contributed by atoms with van der Waals surface area (Å²) in [5.41, 5.74) is -0.850. The van der Waals surface area contributed by atoms with Gasteiger partial charge in [0.25, 0.3) is 0 Å². The quantitative estimate of drug-likeness (QED) is 0.813. The summed E-state index contributed by atoms with van der Waals surface area (Å²) in [5.74, 6) is 1.20. The van der Waals surface area contributed by atoms with Crippen LogP contribution in [0.25, 0.3) is 0 Å². The van der Waals surface area contributed by atoms with Crippen molar-refractivity contribution in [3.05, 3.63) is 0 Å². The van der Waals surface area contributed by atoms with E-state index in [0.717, 1.165) is 6.42 Å². The smallest absolute Gasteiger partial charge is 0.317 e. The molecule has 0 saturated heterocycles. The first-order chi connectivity index (χ1) is 8.20. The highest BCUT2D eigenvalue weighted by molar-refractivity contribution is 5.74. The van der Waals surface area contributed by atoms with Crippen LogP contribution in [0.5, 0.6) is 0 Å². The van der Waals surface area contributed by atoms with Crippen molar-refractivity contribution in [2.45, 2.75) is 58.6 Å². The molecule has 3 unspecified atom stereocenters. The van der Waals surface area contributed by atoms with Crippen molar-refractivity contribution >= 4 is 6.03 Å². The lowest BCUT2D eigenvalue weighted by Crippen LogP contribution is -2.51. The Bertz CT molecular complexity index is 286. The van der Waals surface area contributed by atoms with Gasteiger partial charge >= 0.3 is 6.03 Å². The third kappa shape index (κ3) is 4.48. The summed E-state index contributed by atoms with van der Waals surface area (Å²) in [6.45, 7) is 8.23. The van der Waals surface area contributed by atoms with E-state index in [9.17, 15) is 9.90 Å². The maximum absolute atomic E-state index is 12.0. The number of nitrogens with zero attached hydrogens (tertiary/aromatic N) is 1. The Hall–Kier alpha value is -0.770. The van der Waals surface area contributed by atoms with Crippen molar-refractivity contribution < 1.29 is 9.90 Å². The summed E-state index contributed by atoms with van der Waals surface area (Å²) >= 11 is 0. The van der Waals surface area contributed by atoms with Gasteiger partial charge in [-0.05, 0) is 32.1 Å². The number of likely N-dealkylation sites (N-methyl/N-ethyl adjacent to an activating group) is 1. The van der Waals surface area contributed by atoms with E-state index in [4.69, 9.17) is 0 Å². The van der Waals surface area contributed by atoms with Crippen LogP contribution in [0.3, 0.4) is 0 Å². The molecule has 0 aromatic carbocycles. The predicted octanol–water partition coefficient (Wildman–Crippen LogP) is 2.22. The van der Waals surface area contributed by atoms with Gasteiger partial charge in [-0.2, -0.15) is 0 Å². The average molecular weight is 256 g/mol. The number of aliphatic hydroxyl groups is 1. The summed E-state index contributed by atoms with van der Waals surface area (Å²) in [6, 6.07) is 0.189. The number of rotatable bonds is 3. The Kier molecular flexibility index (Phi) is 5.02. The zero-order valence-electron chi connectivity index (χ0n) is 12.4. The molecule has 2 amide bonds. The molecule has 4 heteroatoms. The lowest BCUT2D eigenvalue weighted by Gasteiger charge is -2.36. The van der Waals surface area contributed by atoms with E-state index >= 15 is 0 Å². The molecule has 4 nitrogen and oxygen atoms in total. The average Bonchev–Trinajstić information content (AvgIpc) is 2.22. The minimum atomic E-state index is -0.850. The summed E-state index contributed by atoms with van der Waals surface area (Å²) in [4.78, 5) is 13.6. The second-order valence-corrected chi connectivity index (χ2v) is 6.49. The molecule has 1 aliphatic rings. The molecule has 0 bridgehead atoms. The maximum Gasteiger partial charge on any atom is 0.317 e. The van der Waals surface area contributed by atoms with Crippen LogP contribution >= 0.6 is 0 Å². The first-order valence-electron chi connectivity index (χ1n) is 6.94. The first kappa shape index (κ1) is 15.3. The number of hydrogen-bond donors (Lipinski definition) is 2. The highest BCUT2D eigenvalue weighted by atomic mass is 16.3. The molecule has 2 N–H and O–H groups in total. The molecular weight excluding hydrogens is 228 g/mol. The second kappa shape index (κ2) is 5.91. The summed E-state index contributed by atoms with van der Waals surface area (Å²) < 4.78 is 0. The predicted molar refractivity (Wildman–Crippen MR) is 73.4 cm³/mol. The zero-order chi connectivity index (χ0) is 13.9. The van der Waals surface area contributed by atoms with E-state index in [2.05, 4.69) is 19.2 Å². The van der Waals surface area contributed by atoms with Crippen LogP contribution in [-0.2, 0) is 0 Å². The molecule has 0 radical (unpaired) electrons. The van der Waals surface area contributed by atoms with Crippen LogP contribution in [0.4, 0.5) is 4.79 Å². The monoisotopic (exact) mass is 256 g/mol. The molecule has 18 heavy (non-hydrogen) atoms.